The number of hydrogen-bond acceptors (Lipinski definition) is 5. The zero-order valence-electron chi connectivity index (χ0n) is 12.9. The van der Waals surface area contributed by atoms with Crippen molar-refractivity contribution in [3.63, 3.8) is 0 Å². The fraction of sp³-hybridized carbons (Fsp3) is 0.333. The SMILES string of the molecule is c1ccc(CC2CCCN2Cc2nc(-c3ccco3)no2)cc1. The molecule has 3 heterocycles. The smallest absolute Gasteiger partial charge is 0.241 e. The lowest BCUT2D eigenvalue weighted by atomic mass is 10.0. The largest absolute Gasteiger partial charge is 0.461 e. The first kappa shape index (κ1) is 14.2. The van der Waals surface area contributed by atoms with Gasteiger partial charge in [-0.05, 0) is 43.5 Å². The third-order valence-corrected chi connectivity index (χ3v) is 4.36. The van der Waals surface area contributed by atoms with Gasteiger partial charge in [-0.3, -0.25) is 4.90 Å². The molecule has 0 N–H and O–H groups in total. The highest BCUT2D eigenvalue weighted by Gasteiger charge is 2.26. The average molecular weight is 309 g/mol. The van der Waals surface area contributed by atoms with Crippen LogP contribution in [-0.2, 0) is 13.0 Å². The van der Waals surface area contributed by atoms with Crippen molar-refractivity contribution in [3.05, 3.63) is 60.2 Å². The molecule has 0 saturated carbocycles. The molecular weight excluding hydrogens is 290 g/mol. The molecule has 4 rings (SSSR count). The molecule has 1 fully saturated rings. The summed E-state index contributed by atoms with van der Waals surface area (Å²) in [4.78, 5) is 6.88. The molecular formula is C18H19N3O2. The first-order valence-electron chi connectivity index (χ1n) is 8.03. The maximum atomic E-state index is 5.39. The van der Waals surface area contributed by atoms with Gasteiger partial charge in [0.15, 0.2) is 5.76 Å². The monoisotopic (exact) mass is 309 g/mol. The van der Waals surface area contributed by atoms with Gasteiger partial charge < -0.3 is 8.94 Å². The zero-order valence-corrected chi connectivity index (χ0v) is 12.9. The summed E-state index contributed by atoms with van der Waals surface area (Å²) in [5.41, 5.74) is 1.38. The van der Waals surface area contributed by atoms with E-state index in [0.29, 0.717) is 30.1 Å². The van der Waals surface area contributed by atoms with Crippen LogP contribution in [0.4, 0.5) is 0 Å². The number of benzene rings is 1. The molecule has 1 atom stereocenters. The predicted molar refractivity (Wildman–Crippen MR) is 85.6 cm³/mol. The highest BCUT2D eigenvalue weighted by atomic mass is 16.5. The van der Waals surface area contributed by atoms with Gasteiger partial charge in [0, 0.05) is 6.04 Å². The van der Waals surface area contributed by atoms with Gasteiger partial charge in [0.05, 0.1) is 12.8 Å². The van der Waals surface area contributed by atoms with Crippen molar-refractivity contribution in [2.45, 2.75) is 31.8 Å². The molecule has 2 aromatic heterocycles. The van der Waals surface area contributed by atoms with E-state index in [4.69, 9.17) is 8.94 Å². The van der Waals surface area contributed by atoms with Gasteiger partial charge in [0.25, 0.3) is 0 Å². The van der Waals surface area contributed by atoms with Crippen LogP contribution < -0.4 is 0 Å². The van der Waals surface area contributed by atoms with Crippen LogP contribution in [0.3, 0.4) is 0 Å². The Labute approximate surface area is 134 Å². The van der Waals surface area contributed by atoms with Crippen molar-refractivity contribution < 1.29 is 8.94 Å². The average Bonchev–Trinajstić information content (AvgIpc) is 3.31. The first-order valence-corrected chi connectivity index (χ1v) is 8.03. The van der Waals surface area contributed by atoms with Gasteiger partial charge in [-0.15, -0.1) is 0 Å². The fourth-order valence-electron chi connectivity index (χ4n) is 3.22. The van der Waals surface area contributed by atoms with E-state index >= 15 is 0 Å². The molecule has 1 saturated heterocycles. The first-order chi connectivity index (χ1) is 11.4. The molecule has 118 valence electrons. The fourth-order valence-corrected chi connectivity index (χ4v) is 3.22. The second kappa shape index (κ2) is 6.38. The number of hydrogen-bond donors (Lipinski definition) is 0. The zero-order chi connectivity index (χ0) is 15.5. The van der Waals surface area contributed by atoms with Crippen LogP contribution in [0.15, 0.2) is 57.7 Å². The molecule has 5 nitrogen and oxygen atoms in total. The minimum atomic E-state index is 0.517. The van der Waals surface area contributed by atoms with Crippen molar-refractivity contribution in [2.75, 3.05) is 6.54 Å². The van der Waals surface area contributed by atoms with Gasteiger partial charge >= 0.3 is 0 Å². The van der Waals surface area contributed by atoms with Crippen molar-refractivity contribution in [1.29, 1.82) is 0 Å². The molecule has 1 unspecified atom stereocenters. The highest BCUT2D eigenvalue weighted by molar-refractivity contribution is 5.44. The summed E-state index contributed by atoms with van der Waals surface area (Å²) in [5.74, 6) is 1.81. The molecule has 0 amide bonds. The van der Waals surface area contributed by atoms with E-state index in [1.807, 2.05) is 12.1 Å². The van der Waals surface area contributed by atoms with Gasteiger partial charge in [-0.1, -0.05) is 35.5 Å². The number of nitrogens with zero attached hydrogens (tertiary/aromatic N) is 3. The third kappa shape index (κ3) is 3.19. The minimum absolute atomic E-state index is 0.517. The molecule has 0 spiro atoms. The lowest BCUT2D eigenvalue weighted by Crippen LogP contribution is -2.30. The van der Waals surface area contributed by atoms with Crippen molar-refractivity contribution in [2.24, 2.45) is 0 Å². The molecule has 1 aliphatic rings. The maximum Gasteiger partial charge on any atom is 0.241 e. The quantitative estimate of drug-likeness (QED) is 0.721. The molecule has 5 heteroatoms. The standard InChI is InChI=1S/C18H19N3O2/c1-2-6-14(7-3-1)12-15-8-4-10-21(15)13-17-19-18(20-23-17)16-9-5-11-22-16/h1-3,5-7,9,11,15H,4,8,10,12-13H2. The van der Waals surface area contributed by atoms with Crippen molar-refractivity contribution in [1.82, 2.24) is 15.0 Å². The Balaban J connectivity index is 1.43. The molecule has 3 aromatic rings. The second-order valence-corrected chi connectivity index (χ2v) is 5.95. The van der Waals surface area contributed by atoms with Gasteiger partial charge in [-0.2, -0.15) is 4.98 Å². The van der Waals surface area contributed by atoms with E-state index in [1.165, 1.54) is 18.4 Å². The Morgan fingerprint density at radius 3 is 2.87 bits per heavy atom. The Kier molecular flexibility index (Phi) is 3.94. The third-order valence-electron chi connectivity index (χ3n) is 4.36. The van der Waals surface area contributed by atoms with E-state index in [1.54, 1.807) is 6.26 Å². The van der Waals surface area contributed by atoms with Gasteiger partial charge in [0.2, 0.25) is 11.7 Å². The molecule has 23 heavy (non-hydrogen) atoms. The van der Waals surface area contributed by atoms with E-state index < -0.39 is 0 Å². The summed E-state index contributed by atoms with van der Waals surface area (Å²) < 4.78 is 10.7. The summed E-state index contributed by atoms with van der Waals surface area (Å²) in [6, 6.07) is 14.8. The van der Waals surface area contributed by atoms with E-state index in [-0.39, 0.29) is 0 Å². The van der Waals surface area contributed by atoms with Crippen LogP contribution in [0.5, 0.6) is 0 Å². The topological polar surface area (TPSA) is 55.3 Å². The summed E-state index contributed by atoms with van der Waals surface area (Å²) in [7, 11) is 0. The van der Waals surface area contributed by atoms with Crippen molar-refractivity contribution in [3.8, 4) is 11.6 Å². The van der Waals surface area contributed by atoms with Crippen LogP contribution in [0.25, 0.3) is 11.6 Å². The maximum absolute atomic E-state index is 5.39. The highest BCUT2D eigenvalue weighted by Crippen LogP contribution is 2.24. The van der Waals surface area contributed by atoms with E-state index in [9.17, 15) is 0 Å². The number of furan rings is 1. The number of likely N-dealkylation sites (tertiary alicyclic amines) is 1. The number of rotatable bonds is 5. The van der Waals surface area contributed by atoms with Crippen molar-refractivity contribution >= 4 is 0 Å². The van der Waals surface area contributed by atoms with Gasteiger partial charge in [0.1, 0.15) is 0 Å². The number of aromatic nitrogens is 2. The summed E-state index contributed by atoms with van der Waals surface area (Å²) in [6.45, 7) is 1.78. The molecule has 1 aliphatic heterocycles. The van der Waals surface area contributed by atoms with Crippen LogP contribution in [0.2, 0.25) is 0 Å². The molecule has 1 aromatic carbocycles. The molecule has 0 radical (unpaired) electrons. The van der Waals surface area contributed by atoms with Crippen LogP contribution in [0.1, 0.15) is 24.3 Å². The summed E-state index contributed by atoms with van der Waals surface area (Å²) >= 11 is 0. The van der Waals surface area contributed by atoms with Crippen LogP contribution in [0, 0.1) is 0 Å². The lowest BCUT2D eigenvalue weighted by molar-refractivity contribution is 0.210. The van der Waals surface area contributed by atoms with Gasteiger partial charge in [-0.25, -0.2) is 0 Å². The summed E-state index contributed by atoms with van der Waals surface area (Å²) in [6.07, 6.45) is 5.12. The van der Waals surface area contributed by atoms with E-state index in [0.717, 1.165) is 13.0 Å². The van der Waals surface area contributed by atoms with Crippen LogP contribution in [-0.4, -0.2) is 27.6 Å². The summed E-state index contributed by atoms with van der Waals surface area (Å²) in [5, 5.41) is 4.00. The normalized spacial score (nSPS) is 18.5. The lowest BCUT2D eigenvalue weighted by Gasteiger charge is -2.22. The Morgan fingerprint density at radius 1 is 1.13 bits per heavy atom. The Hall–Kier alpha value is -2.40. The molecule has 0 aliphatic carbocycles. The van der Waals surface area contributed by atoms with Crippen LogP contribution >= 0.6 is 0 Å². The Bertz CT molecular complexity index is 737. The molecule has 0 bridgehead atoms. The minimum Gasteiger partial charge on any atom is -0.461 e. The second-order valence-electron chi connectivity index (χ2n) is 5.95. The predicted octanol–water partition coefficient (Wildman–Crippen LogP) is 3.54. The van der Waals surface area contributed by atoms with E-state index in [2.05, 4.69) is 45.4 Å². The Morgan fingerprint density at radius 2 is 2.04 bits per heavy atom.